The first-order chi connectivity index (χ1) is 11.0. The monoisotopic (exact) mass is 306 g/mol. The summed E-state index contributed by atoms with van der Waals surface area (Å²) >= 11 is 0. The van der Waals surface area contributed by atoms with E-state index in [0.717, 1.165) is 28.0 Å². The van der Waals surface area contributed by atoms with E-state index in [9.17, 15) is 5.11 Å². The Hall–Kier alpha value is -2.68. The summed E-state index contributed by atoms with van der Waals surface area (Å²) in [5.74, 6) is 1.84. The Labute approximate surface area is 135 Å². The molecule has 0 saturated heterocycles. The molecule has 3 heteroatoms. The molecular formula is C20H18O3. The first kappa shape index (κ1) is 13.9. The number of aromatic hydroxyl groups is 1. The van der Waals surface area contributed by atoms with E-state index in [1.807, 2.05) is 56.3 Å². The Kier molecular flexibility index (Phi) is 2.98. The first-order valence-corrected chi connectivity index (χ1v) is 7.70. The summed E-state index contributed by atoms with van der Waals surface area (Å²) in [5.41, 5.74) is 3.39. The maximum Gasteiger partial charge on any atom is 0.139 e. The third-order valence-corrected chi connectivity index (χ3v) is 4.17. The van der Waals surface area contributed by atoms with Crippen molar-refractivity contribution in [3.8, 4) is 17.2 Å². The second-order valence-corrected chi connectivity index (χ2v) is 6.41. The average Bonchev–Trinajstić information content (AvgIpc) is 2.54. The number of ether oxygens (including phenoxy) is 2. The number of hydrogen-bond acceptors (Lipinski definition) is 3. The van der Waals surface area contributed by atoms with Crippen molar-refractivity contribution in [2.75, 3.05) is 6.61 Å². The minimum atomic E-state index is -0.399. The number of hydrogen-bond donors (Lipinski definition) is 1. The molecule has 4 rings (SSSR count). The van der Waals surface area contributed by atoms with Crippen LogP contribution in [0, 0.1) is 0 Å². The molecule has 23 heavy (non-hydrogen) atoms. The highest BCUT2D eigenvalue weighted by Gasteiger charge is 2.27. The van der Waals surface area contributed by atoms with Crippen molar-refractivity contribution in [1.82, 2.24) is 0 Å². The minimum absolute atomic E-state index is 0.230. The highest BCUT2D eigenvalue weighted by atomic mass is 16.5. The van der Waals surface area contributed by atoms with Crippen molar-refractivity contribution in [2.24, 2.45) is 0 Å². The molecule has 0 aliphatic carbocycles. The van der Waals surface area contributed by atoms with E-state index in [2.05, 4.69) is 6.08 Å². The third-order valence-electron chi connectivity index (χ3n) is 4.17. The zero-order valence-corrected chi connectivity index (χ0v) is 13.2. The van der Waals surface area contributed by atoms with Gasteiger partial charge in [-0.25, -0.2) is 0 Å². The number of fused-ring (bicyclic) bond motifs is 2. The van der Waals surface area contributed by atoms with Gasteiger partial charge in [-0.1, -0.05) is 18.2 Å². The van der Waals surface area contributed by atoms with Crippen molar-refractivity contribution in [3.05, 3.63) is 59.2 Å². The van der Waals surface area contributed by atoms with Gasteiger partial charge in [-0.2, -0.15) is 0 Å². The van der Waals surface area contributed by atoms with Crippen LogP contribution in [0.3, 0.4) is 0 Å². The lowest BCUT2D eigenvalue weighted by Gasteiger charge is -2.30. The van der Waals surface area contributed by atoms with Crippen molar-refractivity contribution < 1.29 is 14.6 Å². The number of phenolic OH excluding ortho intramolecular Hbond substituents is 1. The molecule has 0 saturated carbocycles. The molecule has 0 unspecified atom stereocenters. The number of phenols is 1. The third kappa shape index (κ3) is 2.38. The van der Waals surface area contributed by atoms with Crippen molar-refractivity contribution in [2.45, 2.75) is 19.4 Å². The van der Waals surface area contributed by atoms with Gasteiger partial charge in [0.15, 0.2) is 0 Å². The van der Waals surface area contributed by atoms with Gasteiger partial charge in [0.05, 0.1) is 5.56 Å². The number of benzene rings is 2. The van der Waals surface area contributed by atoms with Crippen molar-refractivity contribution in [1.29, 1.82) is 0 Å². The lowest BCUT2D eigenvalue weighted by Crippen LogP contribution is -2.28. The first-order valence-electron chi connectivity index (χ1n) is 7.70. The molecule has 0 atom stereocenters. The second kappa shape index (κ2) is 4.92. The van der Waals surface area contributed by atoms with E-state index in [1.54, 1.807) is 6.07 Å². The molecule has 1 N–H and O–H groups in total. The van der Waals surface area contributed by atoms with Gasteiger partial charge in [0.25, 0.3) is 0 Å². The molecule has 0 amide bonds. The summed E-state index contributed by atoms with van der Waals surface area (Å²) in [4.78, 5) is 0. The topological polar surface area (TPSA) is 38.7 Å². The van der Waals surface area contributed by atoms with Crippen molar-refractivity contribution in [3.63, 3.8) is 0 Å². The Morgan fingerprint density at radius 3 is 2.78 bits per heavy atom. The zero-order chi connectivity index (χ0) is 16.0. The van der Waals surface area contributed by atoms with Crippen LogP contribution in [0.25, 0.3) is 17.7 Å². The van der Waals surface area contributed by atoms with Gasteiger partial charge in [-0.3, -0.25) is 0 Å². The lowest BCUT2D eigenvalue weighted by molar-refractivity contribution is 0.157. The van der Waals surface area contributed by atoms with Crippen molar-refractivity contribution >= 4 is 17.7 Å². The van der Waals surface area contributed by atoms with Crippen LogP contribution in [-0.2, 0) is 0 Å². The van der Waals surface area contributed by atoms with Gasteiger partial charge >= 0.3 is 0 Å². The van der Waals surface area contributed by atoms with Gasteiger partial charge in [0.2, 0.25) is 0 Å². The molecule has 0 bridgehead atoms. The summed E-state index contributed by atoms with van der Waals surface area (Å²) in [6, 6.07) is 11.6. The predicted molar refractivity (Wildman–Crippen MR) is 91.7 cm³/mol. The van der Waals surface area contributed by atoms with E-state index in [-0.39, 0.29) is 5.75 Å². The zero-order valence-electron chi connectivity index (χ0n) is 13.2. The fourth-order valence-electron chi connectivity index (χ4n) is 2.97. The molecule has 0 spiro atoms. The molecule has 3 nitrogen and oxygen atoms in total. The Morgan fingerprint density at radius 1 is 1.09 bits per heavy atom. The molecule has 0 fully saturated rings. The summed E-state index contributed by atoms with van der Waals surface area (Å²) in [7, 11) is 0. The fourth-order valence-corrected chi connectivity index (χ4v) is 2.97. The smallest absolute Gasteiger partial charge is 0.139 e. The Morgan fingerprint density at radius 2 is 1.91 bits per heavy atom. The van der Waals surface area contributed by atoms with Crippen LogP contribution >= 0.6 is 0 Å². The van der Waals surface area contributed by atoms with E-state index in [1.165, 1.54) is 0 Å². The van der Waals surface area contributed by atoms with Gasteiger partial charge in [-0.05, 0) is 50.3 Å². The van der Waals surface area contributed by atoms with Crippen LogP contribution in [0.1, 0.15) is 30.5 Å². The van der Waals surface area contributed by atoms with Gasteiger partial charge in [0, 0.05) is 16.7 Å². The van der Waals surface area contributed by atoms with Gasteiger partial charge in [0.1, 0.15) is 29.5 Å². The normalized spacial score (nSPS) is 17.4. The highest BCUT2D eigenvalue weighted by molar-refractivity contribution is 5.90. The number of para-hydroxylation sites is 1. The summed E-state index contributed by atoms with van der Waals surface area (Å²) < 4.78 is 12.0. The van der Waals surface area contributed by atoms with Crippen LogP contribution in [0.2, 0.25) is 0 Å². The van der Waals surface area contributed by atoms with E-state index >= 15 is 0 Å². The molecular weight excluding hydrogens is 288 g/mol. The fraction of sp³-hybridized carbons (Fsp3) is 0.200. The van der Waals surface area contributed by atoms with Crippen LogP contribution in [-0.4, -0.2) is 17.3 Å². The van der Waals surface area contributed by atoms with Crippen LogP contribution in [0.4, 0.5) is 0 Å². The second-order valence-electron chi connectivity index (χ2n) is 6.41. The largest absolute Gasteiger partial charge is 0.507 e. The molecule has 2 heterocycles. The number of rotatable bonds is 1. The Bertz CT molecular complexity index is 844. The lowest BCUT2D eigenvalue weighted by atomic mass is 9.94. The van der Waals surface area contributed by atoms with Crippen LogP contribution in [0.5, 0.6) is 17.2 Å². The molecule has 2 aliphatic rings. The standard InChI is InChI=1S/C20H18O3/c1-20(2)10-9-16-17(21)8-7-15(19(16)23-20)14-11-13-5-3-4-6-18(13)22-12-14/h3-11,21H,12H2,1-2H3. The van der Waals surface area contributed by atoms with E-state index in [0.29, 0.717) is 12.4 Å². The molecule has 2 aromatic carbocycles. The van der Waals surface area contributed by atoms with Gasteiger partial charge in [-0.15, -0.1) is 0 Å². The molecule has 0 aromatic heterocycles. The maximum absolute atomic E-state index is 10.1. The highest BCUT2D eigenvalue weighted by Crippen LogP contribution is 2.43. The molecule has 116 valence electrons. The summed E-state index contributed by atoms with van der Waals surface area (Å²) in [5, 5.41) is 10.1. The summed E-state index contributed by atoms with van der Waals surface area (Å²) in [6.07, 6.45) is 6.01. The Balaban J connectivity index is 1.86. The molecule has 2 aromatic rings. The molecule has 0 radical (unpaired) electrons. The summed E-state index contributed by atoms with van der Waals surface area (Å²) in [6.45, 7) is 4.49. The minimum Gasteiger partial charge on any atom is -0.507 e. The maximum atomic E-state index is 10.1. The SMILES string of the molecule is CC1(C)C=Cc2c(O)ccc(C3=Cc4ccccc4OC3)c2O1. The van der Waals surface area contributed by atoms with E-state index in [4.69, 9.17) is 9.47 Å². The van der Waals surface area contributed by atoms with Gasteiger partial charge < -0.3 is 14.6 Å². The van der Waals surface area contributed by atoms with E-state index < -0.39 is 5.60 Å². The quantitative estimate of drug-likeness (QED) is 0.842. The van der Waals surface area contributed by atoms with Crippen LogP contribution in [0.15, 0.2) is 42.5 Å². The average molecular weight is 306 g/mol. The van der Waals surface area contributed by atoms with Crippen LogP contribution < -0.4 is 9.47 Å². The molecule has 2 aliphatic heterocycles. The predicted octanol–water partition coefficient (Wildman–Crippen LogP) is 4.51.